The van der Waals surface area contributed by atoms with Crippen molar-refractivity contribution in [1.82, 2.24) is 8.97 Å². The van der Waals surface area contributed by atoms with Crippen molar-refractivity contribution in [2.75, 3.05) is 7.11 Å². The Balaban J connectivity index is 1.75. The van der Waals surface area contributed by atoms with E-state index in [1.165, 1.54) is 0 Å². The van der Waals surface area contributed by atoms with Crippen LogP contribution in [0.5, 0.6) is 5.75 Å². The number of imidazole rings is 1. The number of ketones is 1. The van der Waals surface area contributed by atoms with E-state index >= 15 is 0 Å². The molecule has 0 unspecified atom stereocenters. The van der Waals surface area contributed by atoms with E-state index in [9.17, 15) is 10.1 Å². The predicted molar refractivity (Wildman–Crippen MR) is 145 cm³/mol. The van der Waals surface area contributed by atoms with Gasteiger partial charge in [-0.05, 0) is 35.4 Å². The fourth-order valence-corrected chi connectivity index (χ4v) is 5.05. The number of aromatic nitrogens is 2. The fourth-order valence-electron chi connectivity index (χ4n) is 5.05. The van der Waals surface area contributed by atoms with E-state index in [1.807, 2.05) is 83.3 Å². The molecule has 0 N–H and O–H groups in total. The van der Waals surface area contributed by atoms with Gasteiger partial charge in [-0.2, -0.15) is 5.26 Å². The molecule has 0 aliphatic rings. The quantitative estimate of drug-likeness (QED) is 0.248. The second-order valence-corrected chi connectivity index (χ2v) is 8.85. The number of hydrogen-bond acceptors (Lipinski definition) is 3. The van der Waals surface area contributed by atoms with Gasteiger partial charge < -0.3 is 9.30 Å². The topological polar surface area (TPSA) is 59.4 Å². The van der Waals surface area contributed by atoms with Gasteiger partial charge in [-0.15, -0.1) is 0 Å². The number of ether oxygens (including phenoxy) is 1. The van der Waals surface area contributed by atoms with E-state index in [4.69, 9.17) is 4.74 Å². The summed E-state index contributed by atoms with van der Waals surface area (Å²) in [6.45, 7) is 0.592. The van der Waals surface area contributed by atoms with Gasteiger partial charge in [0, 0.05) is 17.7 Å². The predicted octanol–water partition coefficient (Wildman–Crippen LogP) is 6.72. The van der Waals surface area contributed by atoms with Gasteiger partial charge in [-0.25, -0.2) is 0 Å². The second-order valence-electron chi connectivity index (χ2n) is 8.85. The van der Waals surface area contributed by atoms with Gasteiger partial charge in [0.2, 0.25) is 5.78 Å². The molecule has 2 aromatic heterocycles. The van der Waals surface area contributed by atoms with Crippen LogP contribution in [0, 0.1) is 11.3 Å². The highest BCUT2D eigenvalue weighted by Gasteiger charge is 2.29. The molecule has 0 saturated carbocycles. The van der Waals surface area contributed by atoms with Gasteiger partial charge in [-0.3, -0.25) is 9.20 Å². The fraction of sp³-hybridized carbons (Fsp3) is 0.0625. The van der Waals surface area contributed by atoms with Gasteiger partial charge in [0.15, 0.2) is 0 Å². The molecule has 0 amide bonds. The number of nitriles is 1. The maximum Gasteiger partial charge on any atom is 0.211 e. The molecular weight excluding hydrogens is 458 g/mol. The van der Waals surface area contributed by atoms with E-state index in [0.717, 1.165) is 39.1 Å². The molecule has 0 radical (unpaired) electrons. The molecule has 0 saturated heterocycles. The maximum absolute atomic E-state index is 14.0. The summed E-state index contributed by atoms with van der Waals surface area (Å²) in [4.78, 5) is 14.0. The van der Waals surface area contributed by atoms with Gasteiger partial charge in [0.05, 0.1) is 23.7 Å². The minimum Gasteiger partial charge on any atom is -0.497 e. The van der Waals surface area contributed by atoms with Crippen molar-refractivity contribution in [3.05, 3.63) is 132 Å². The van der Waals surface area contributed by atoms with Crippen LogP contribution in [0.3, 0.4) is 0 Å². The Hall–Kier alpha value is -5.08. The summed E-state index contributed by atoms with van der Waals surface area (Å²) in [5, 5.41) is 10.5. The highest BCUT2D eigenvalue weighted by molar-refractivity contribution is 6.13. The highest BCUT2D eigenvalue weighted by Crippen LogP contribution is 2.39. The summed E-state index contributed by atoms with van der Waals surface area (Å²) in [7, 11) is 1.63. The van der Waals surface area contributed by atoms with Crippen LogP contribution in [0.1, 0.15) is 27.2 Å². The summed E-state index contributed by atoms with van der Waals surface area (Å²) in [6.07, 6.45) is 0. The Morgan fingerprint density at radius 3 is 2.08 bits per heavy atom. The molecule has 4 aromatic carbocycles. The number of carbonyl (C=O) groups excluding carboxylic acids is 1. The average Bonchev–Trinajstić information content (AvgIpc) is 3.46. The van der Waals surface area contributed by atoms with E-state index in [2.05, 4.69) is 28.8 Å². The van der Waals surface area contributed by atoms with Gasteiger partial charge in [0.1, 0.15) is 23.2 Å². The Morgan fingerprint density at radius 2 is 1.43 bits per heavy atom. The SMILES string of the molecule is COc1ccc(-c2c(C#N)c(C(=O)c3ccccc3)n3c4ccccc4n(Cc4ccccc4)c23)cc1. The van der Waals surface area contributed by atoms with Crippen LogP contribution in [0.2, 0.25) is 0 Å². The molecule has 5 heteroatoms. The molecule has 0 atom stereocenters. The van der Waals surface area contributed by atoms with Gasteiger partial charge in [0.25, 0.3) is 0 Å². The largest absolute Gasteiger partial charge is 0.497 e. The lowest BCUT2D eigenvalue weighted by molar-refractivity contribution is 0.103. The number of benzene rings is 4. The van der Waals surface area contributed by atoms with Crippen LogP contribution in [0.4, 0.5) is 0 Å². The lowest BCUT2D eigenvalue weighted by atomic mass is 9.99. The monoisotopic (exact) mass is 481 g/mol. The van der Waals surface area contributed by atoms with Crippen LogP contribution >= 0.6 is 0 Å². The third kappa shape index (κ3) is 3.67. The maximum atomic E-state index is 14.0. The molecule has 37 heavy (non-hydrogen) atoms. The first-order valence-electron chi connectivity index (χ1n) is 12.0. The van der Waals surface area contributed by atoms with E-state index < -0.39 is 0 Å². The second kappa shape index (κ2) is 9.18. The van der Waals surface area contributed by atoms with Crippen molar-refractivity contribution in [1.29, 1.82) is 5.26 Å². The molecule has 6 aromatic rings. The molecule has 0 aliphatic carbocycles. The molecular formula is C32H23N3O2. The number of para-hydroxylation sites is 2. The van der Waals surface area contributed by atoms with Crippen molar-refractivity contribution in [2.45, 2.75) is 6.54 Å². The number of carbonyl (C=O) groups is 1. The minimum atomic E-state index is -0.186. The summed E-state index contributed by atoms with van der Waals surface area (Å²) in [6, 6.07) is 37.4. The van der Waals surface area contributed by atoms with Crippen LogP contribution < -0.4 is 4.74 Å². The number of fused-ring (bicyclic) bond motifs is 3. The molecule has 0 fully saturated rings. The normalized spacial score (nSPS) is 11.0. The van der Waals surface area contributed by atoms with Crippen molar-refractivity contribution in [2.24, 2.45) is 0 Å². The summed E-state index contributed by atoms with van der Waals surface area (Å²) < 4.78 is 9.54. The Kier molecular flexibility index (Phi) is 5.55. The Labute approximate surface area is 214 Å². The first-order chi connectivity index (χ1) is 18.2. The molecule has 2 heterocycles. The zero-order chi connectivity index (χ0) is 25.4. The lowest BCUT2D eigenvalue weighted by Crippen LogP contribution is -2.07. The van der Waals surface area contributed by atoms with E-state index in [-0.39, 0.29) is 5.78 Å². The van der Waals surface area contributed by atoms with Crippen LogP contribution in [0.15, 0.2) is 109 Å². The van der Waals surface area contributed by atoms with Gasteiger partial charge in [-0.1, -0.05) is 84.9 Å². The van der Waals surface area contributed by atoms with Crippen LogP contribution in [-0.4, -0.2) is 21.9 Å². The third-order valence-electron chi connectivity index (χ3n) is 6.74. The summed E-state index contributed by atoms with van der Waals surface area (Å²) >= 11 is 0. The highest BCUT2D eigenvalue weighted by atomic mass is 16.5. The minimum absolute atomic E-state index is 0.186. The third-order valence-corrected chi connectivity index (χ3v) is 6.74. The number of hydrogen-bond donors (Lipinski definition) is 0. The smallest absolute Gasteiger partial charge is 0.211 e. The number of methoxy groups -OCH3 is 1. The molecule has 0 bridgehead atoms. The molecule has 6 rings (SSSR count). The number of nitrogens with zero attached hydrogens (tertiary/aromatic N) is 3. The van der Waals surface area contributed by atoms with Crippen molar-refractivity contribution >= 4 is 22.5 Å². The van der Waals surface area contributed by atoms with Crippen molar-refractivity contribution < 1.29 is 9.53 Å². The zero-order valence-corrected chi connectivity index (χ0v) is 20.3. The van der Waals surface area contributed by atoms with Crippen molar-refractivity contribution in [3.8, 4) is 22.9 Å². The average molecular weight is 482 g/mol. The molecule has 5 nitrogen and oxygen atoms in total. The summed E-state index contributed by atoms with van der Waals surface area (Å²) in [5.74, 6) is 0.539. The Bertz CT molecular complexity index is 1790. The van der Waals surface area contributed by atoms with E-state index in [0.29, 0.717) is 23.4 Å². The standard InChI is InChI=1S/C32H23N3O2/c1-37-25-18-16-23(17-19-25)29-26(20-33)30(31(36)24-12-6-3-7-13-24)35-28-15-9-8-14-27(28)34(32(29)35)21-22-10-4-2-5-11-22/h2-19H,21H2,1H3. The Morgan fingerprint density at radius 1 is 0.811 bits per heavy atom. The van der Waals surface area contributed by atoms with Crippen molar-refractivity contribution in [3.63, 3.8) is 0 Å². The molecule has 0 aliphatic heterocycles. The van der Waals surface area contributed by atoms with Gasteiger partial charge >= 0.3 is 0 Å². The van der Waals surface area contributed by atoms with E-state index in [1.54, 1.807) is 19.2 Å². The molecule has 0 spiro atoms. The first-order valence-corrected chi connectivity index (χ1v) is 12.0. The molecule has 178 valence electrons. The lowest BCUT2D eigenvalue weighted by Gasteiger charge is -2.09. The number of rotatable bonds is 6. The summed E-state index contributed by atoms with van der Waals surface area (Å²) in [5.41, 5.74) is 6.66. The van der Waals surface area contributed by atoms with Crippen LogP contribution in [-0.2, 0) is 6.54 Å². The van der Waals surface area contributed by atoms with Crippen LogP contribution in [0.25, 0.3) is 27.8 Å². The first kappa shape index (κ1) is 22.4. The zero-order valence-electron chi connectivity index (χ0n) is 20.3.